The van der Waals surface area contributed by atoms with E-state index >= 15 is 0 Å². The van der Waals surface area contributed by atoms with Crippen LogP contribution in [0.5, 0.6) is 0 Å². The molecule has 1 unspecified atom stereocenters. The molecular weight excluding hydrogens is 466 g/mol. The number of ketones is 1. The molecule has 2 aromatic heterocycles. The van der Waals surface area contributed by atoms with E-state index in [9.17, 15) is 14.4 Å². The van der Waals surface area contributed by atoms with Gasteiger partial charge in [-0.15, -0.1) is 6.58 Å². The lowest BCUT2D eigenvalue weighted by molar-refractivity contribution is 0.0600. The van der Waals surface area contributed by atoms with Crippen molar-refractivity contribution < 1.29 is 19.1 Å². The number of thioether (sulfide) groups is 1. The number of hydrogen-bond acceptors (Lipinski definition) is 7. The second-order valence-electron chi connectivity index (χ2n) is 8.56. The van der Waals surface area contributed by atoms with Crippen molar-refractivity contribution in [1.82, 2.24) is 14.1 Å². The molecule has 9 heteroatoms. The average Bonchev–Trinajstić information content (AvgIpc) is 3.47. The fourth-order valence-electron chi connectivity index (χ4n) is 4.41. The van der Waals surface area contributed by atoms with E-state index in [1.165, 1.54) is 18.9 Å². The molecule has 4 rings (SSSR count). The van der Waals surface area contributed by atoms with Crippen LogP contribution in [0, 0.1) is 13.8 Å². The summed E-state index contributed by atoms with van der Waals surface area (Å²) in [7, 11) is 1.30. The summed E-state index contributed by atoms with van der Waals surface area (Å²) in [6, 6.07) is 6.59. The number of Topliss-reactive ketones (excluding diaryl/α,β-unsaturated/α-hetero) is 1. The van der Waals surface area contributed by atoms with Crippen LogP contribution < -0.4 is 5.56 Å². The quantitative estimate of drug-likeness (QED) is 0.146. The number of hydrogen-bond donors (Lipinski definition) is 0. The minimum absolute atomic E-state index is 0.0419. The maximum Gasteiger partial charge on any atom is 0.337 e. The number of benzene rings is 1. The molecule has 3 aromatic rings. The highest BCUT2D eigenvalue weighted by Crippen LogP contribution is 2.24. The van der Waals surface area contributed by atoms with E-state index in [0.29, 0.717) is 46.9 Å². The van der Waals surface area contributed by atoms with E-state index < -0.39 is 5.97 Å². The molecule has 184 valence electrons. The van der Waals surface area contributed by atoms with Crippen LogP contribution in [0.25, 0.3) is 10.9 Å². The van der Waals surface area contributed by atoms with Crippen LogP contribution in [-0.4, -0.2) is 51.4 Å². The van der Waals surface area contributed by atoms with Crippen molar-refractivity contribution in [3.8, 4) is 0 Å². The van der Waals surface area contributed by atoms with Gasteiger partial charge in [0, 0.05) is 30.1 Å². The first-order valence-electron chi connectivity index (χ1n) is 11.5. The van der Waals surface area contributed by atoms with Crippen LogP contribution in [0.1, 0.15) is 44.9 Å². The van der Waals surface area contributed by atoms with Gasteiger partial charge in [0.2, 0.25) is 0 Å². The van der Waals surface area contributed by atoms with Crippen LogP contribution in [0.2, 0.25) is 0 Å². The van der Waals surface area contributed by atoms with Crippen molar-refractivity contribution in [3.05, 3.63) is 69.8 Å². The van der Waals surface area contributed by atoms with E-state index in [-0.39, 0.29) is 23.2 Å². The minimum atomic E-state index is -0.503. The summed E-state index contributed by atoms with van der Waals surface area (Å²) in [4.78, 5) is 43.2. The van der Waals surface area contributed by atoms with Gasteiger partial charge in [-0.25, -0.2) is 9.78 Å². The molecule has 8 nitrogen and oxygen atoms in total. The molecular formula is C26H29N3O5S. The van der Waals surface area contributed by atoms with Crippen LogP contribution in [0.4, 0.5) is 0 Å². The Morgan fingerprint density at radius 1 is 1.29 bits per heavy atom. The highest BCUT2D eigenvalue weighted by Gasteiger charge is 2.22. The number of aryl methyl sites for hydroxylation is 1. The summed E-state index contributed by atoms with van der Waals surface area (Å²) in [6.45, 7) is 9.34. The molecule has 1 aliphatic heterocycles. The number of nitrogens with zero attached hydrogens (tertiary/aromatic N) is 3. The summed E-state index contributed by atoms with van der Waals surface area (Å²) in [5.41, 5.74) is 3.01. The standard InChI is InChI=1S/C26H29N3O5S/c1-5-10-28-16(2)12-21(17(28)3)23(30)15-35-26-27-22-13-18(25(32)33-4)8-9-20(22)24(31)29(26)14-19-7-6-11-34-19/h5,8-9,12-13,19H,1,6-7,10-11,14-15H2,2-4H3. The van der Waals surface area contributed by atoms with Crippen molar-refractivity contribution in [2.75, 3.05) is 19.5 Å². The predicted molar refractivity (Wildman–Crippen MR) is 135 cm³/mol. The summed E-state index contributed by atoms with van der Waals surface area (Å²) in [5.74, 6) is -0.422. The van der Waals surface area contributed by atoms with Crippen LogP contribution in [0.3, 0.4) is 0 Å². The Balaban J connectivity index is 1.69. The van der Waals surface area contributed by atoms with Crippen LogP contribution in [0.15, 0.2) is 46.9 Å². The topological polar surface area (TPSA) is 92.4 Å². The number of allylic oxidation sites excluding steroid dienone is 1. The third kappa shape index (κ3) is 5.11. The Morgan fingerprint density at radius 2 is 2.09 bits per heavy atom. The largest absolute Gasteiger partial charge is 0.465 e. The zero-order chi connectivity index (χ0) is 25.1. The number of carbonyl (C=O) groups is 2. The highest BCUT2D eigenvalue weighted by atomic mass is 32.2. The molecule has 1 saturated heterocycles. The van der Waals surface area contributed by atoms with Crippen molar-refractivity contribution in [2.24, 2.45) is 0 Å². The first-order chi connectivity index (χ1) is 16.8. The smallest absolute Gasteiger partial charge is 0.337 e. The van der Waals surface area contributed by atoms with Gasteiger partial charge in [-0.3, -0.25) is 14.2 Å². The van der Waals surface area contributed by atoms with E-state index in [1.807, 2.05) is 24.5 Å². The van der Waals surface area contributed by atoms with Crippen LogP contribution >= 0.6 is 11.8 Å². The lowest BCUT2D eigenvalue weighted by atomic mass is 10.1. The first kappa shape index (κ1) is 24.9. The normalized spacial score (nSPS) is 15.5. The Bertz CT molecular complexity index is 1350. The highest BCUT2D eigenvalue weighted by molar-refractivity contribution is 7.99. The van der Waals surface area contributed by atoms with Gasteiger partial charge in [-0.2, -0.15) is 0 Å². The molecule has 0 aliphatic carbocycles. The molecule has 1 aliphatic rings. The number of methoxy groups -OCH3 is 1. The molecule has 3 heterocycles. The second-order valence-corrected chi connectivity index (χ2v) is 9.51. The number of esters is 1. The molecule has 1 fully saturated rings. The van der Waals surface area contributed by atoms with Crippen molar-refractivity contribution in [1.29, 1.82) is 0 Å². The number of ether oxygens (including phenoxy) is 2. The van der Waals surface area contributed by atoms with E-state index in [2.05, 4.69) is 11.6 Å². The summed E-state index contributed by atoms with van der Waals surface area (Å²) in [5, 5.41) is 0.826. The van der Waals surface area contributed by atoms with Gasteiger partial charge < -0.3 is 14.0 Å². The maximum absolute atomic E-state index is 13.4. The second kappa shape index (κ2) is 10.6. The molecule has 0 bridgehead atoms. The zero-order valence-corrected chi connectivity index (χ0v) is 21.0. The molecule has 0 amide bonds. The molecule has 0 spiro atoms. The van der Waals surface area contributed by atoms with Crippen LogP contribution in [-0.2, 0) is 22.6 Å². The molecule has 35 heavy (non-hydrogen) atoms. The van der Waals surface area contributed by atoms with Gasteiger partial charge in [0.1, 0.15) is 0 Å². The molecule has 0 radical (unpaired) electrons. The summed E-state index contributed by atoms with van der Waals surface area (Å²) >= 11 is 1.22. The van der Waals surface area contributed by atoms with Gasteiger partial charge in [-0.1, -0.05) is 17.8 Å². The SMILES string of the molecule is C=CCn1c(C)cc(C(=O)CSc2nc3cc(C(=O)OC)ccc3c(=O)n2CC2CCCO2)c1C. The Labute approximate surface area is 207 Å². The third-order valence-electron chi connectivity index (χ3n) is 6.27. The number of rotatable bonds is 9. The average molecular weight is 496 g/mol. The van der Waals surface area contributed by atoms with E-state index in [4.69, 9.17) is 9.47 Å². The van der Waals surface area contributed by atoms with Gasteiger partial charge in [-0.05, 0) is 51.0 Å². The predicted octanol–water partition coefficient (Wildman–Crippen LogP) is 3.94. The van der Waals surface area contributed by atoms with E-state index in [0.717, 1.165) is 24.2 Å². The Morgan fingerprint density at radius 3 is 2.77 bits per heavy atom. The van der Waals surface area contributed by atoms with E-state index in [1.54, 1.807) is 28.8 Å². The number of carbonyl (C=O) groups excluding carboxylic acids is 2. The van der Waals surface area contributed by atoms with Crippen molar-refractivity contribution in [2.45, 2.75) is 51.0 Å². The van der Waals surface area contributed by atoms with Crippen molar-refractivity contribution in [3.63, 3.8) is 0 Å². The summed E-state index contributed by atoms with van der Waals surface area (Å²) < 4.78 is 14.2. The molecule has 0 saturated carbocycles. The fraction of sp³-hybridized carbons (Fsp3) is 0.385. The van der Waals surface area contributed by atoms with Gasteiger partial charge in [0.25, 0.3) is 5.56 Å². The number of aromatic nitrogens is 3. The fourth-order valence-corrected chi connectivity index (χ4v) is 5.30. The van der Waals surface area contributed by atoms with Gasteiger partial charge in [0.05, 0.1) is 42.0 Å². The third-order valence-corrected chi connectivity index (χ3v) is 7.25. The molecule has 1 atom stereocenters. The zero-order valence-electron chi connectivity index (χ0n) is 20.2. The molecule has 1 aromatic carbocycles. The number of fused-ring (bicyclic) bond motifs is 1. The first-order valence-corrected chi connectivity index (χ1v) is 12.5. The Hall–Kier alpha value is -3.17. The molecule has 0 N–H and O–H groups in total. The summed E-state index contributed by atoms with van der Waals surface area (Å²) in [6.07, 6.45) is 3.54. The maximum atomic E-state index is 13.4. The minimum Gasteiger partial charge on any atom is -0.465 e. The van der Waals surface area contributed by atoms with Gasteiger partial charge in [0.15, 0.2) is 10.9 Å². The lowest BCUT2D eigenvalue weighted by Crippen LogP contribution is -2.29. The van der Waals surface area contributed by atoms with Crippen molar-refractivity contribution >= 4 is 34.4 Å². The monoisotopic (exact) mass is 495 g/mol. The van der Waals surface area contributed by atoms with Gasteiger partial charge >= 0.3 is 5.97 Å². The Kier molecular flexibility index (Phi) is 7.57. The lowest BCUT2D eigenvalue weighted by Gasteiger charge is -2.16.